The Morgan fingerprint density at radius 3 is 2.44 bits per heavy atom. The minimum Gasteiger partial charge on any atom is -0.308 e. The highest BCUT2D eigenvalue weighted by Crippen LogP contribution is 2.30. The molecule has 0 bridgehead atoms. The number of rotatable bonds is 4. The van der Waals surface area contributed by atoms with Crippen LogP contribution >= 0.6 is 0 Å². The predicted octanol–water partition coefficient (Wildman–Crippen LogP) is 5.58. The number of carbonyl (C=O) groups excluding carboxylic acids is 1. The number of fused-ring (bicyclic) bond motifs is 1. The van der Waals surface area contributed by atoms with Gasteiger partial charge in [0.2, 0.25) is 0 Å². The molecular formula is C25H22N6O. The number of aromatic amines is 1. The second-order valence-corrected chi connectivity index (χ2v) is 7.76. The van der Waals surface area contributed by atoms with E-state index >= 15 is 0 Å². The summed E-state index contributed by atoms with van der Waals surface area (Å²) in [4.78, 5) is 12.3. The van der Waals surface area contributed by atoms with Crippen LogP contribution in [0.5, 0.6) is 0 Å². The van der Waals surface area contributed by atoms with Crippen molar-refractivity contribution in [3.05, 3.63) is 84.7 Å². The summed E-state index contributed by atoms with van der Waals surface area (Å²) in [5.41, 5.74) is 7.52. The molecule has 3 N–H and O–H groups in total. The Hall–Kier alpha value is -4.39. The van der Waals surface area contributed by atoms with E-state index in [4.69, 9.17) is 0 Å². The third-order valence-electron chi connectivity index (χ3n) is 5.29. The number of nitrogens with one attached hydrogen (secondary N) is 3. The maximum absolute atomic E-state index is 12.3. The molecule has 0 aliphatic carbocycles. The summed E-state index contributed by atoms with van der Waals surface area (Å²) < 4.78 is 1.76. The van der Waals surface area contributed by atoms with Crippen LogP contribution in [0.25, 0.3) is 33.3 Å². The summed E-state index contributed by atoms with van der Waals surface area (Å²) in [6.07, 6.45) is 3.76. The molecule has 0 aliphatic heterocycles. The molecule has 0 fully saturated rings. The molecule has 5 rings (SSSR count). The molecule has 0 atom stereocenters. The molecule has 2 heterocycles. The van der Waals surface area contributed by atoms with Gasteiger partial charge in [-0.05, 0) is 60.0 Å². The van der Waals surface area contributed by atoms with E-state index < -0.39 is 0 Å². The van der Waals surface area contributed by atoms with E-state index in [0.29, 0.717) is 0 Å². The van der Waals surface area contributed by atoms with Gasteiger partial charge in [-0.1, -0.05) is 30.3 Å². The number of aryl methyl sites for hydroxylation is 2. The van der Waals surface area contributed by atoms with Gasteiger partial charge in [-0.2, -0.15) is 10.2 Å². The first-order valence-electron chi connectivity index (χ1n) is 10.3. The van der Waals surface area contributed by atoms with Gasteiger partial charge in [0.1, 0.15) is 5.69 Å². The zero-order valence-corrected chi connectivity index (χ0v) is 17.8. The Bertz CT molecular complexity index is 1410. The largest absolute Gasteiger partial charge is 0.323 e. The van der Waals surface area contributed by atoms with Gasteiger partial charge in [0.05, 0.1) is 11.7 Å². The lowest BCUT2D eigenvalue weighted by molar-refractivity contribution is 0.262. The maximum Gasteiger partial charge on any atom is 0.323 e. The van der Waals surface area contributed by atoms with Crippen molar-refractivity contribution in [1.82, 2.24) is 20.0 Å². The number of amides is 2. The van der Waals surface area contributed by atoms with E-state index in [1.54, 1.807) is 4.68 Å². The normalized spacial score (nSPS) is 10.9. The first-order chi connectivity index (χ1) is 15.5. The Morgan fingerprint density at radius 1 is 0.906 bits per heavy atom. The van der Waals surface area contributed by atoms with Crippen molar-refractivity contribution in [2.45, 2.75) is 6.92 Å². The van der Waals surface area contributed by atoms with Crippen LogP contribution in [-0.2, 0) is 7.05 Å². The zero-order chi connectivity index (χ0) is 22.1. The summed E-state index contributed by atoms with van der Waals surface area (Å²) in [7, 11) is 1.89. The van der Waals surface area contributed by atoms with Gasteiger partial charge in [-0.15, -0.1) is 0 Å². The number of hydrogen-bond donors (Lipinski definition) is 3. The van der Waals surface area contributed by atoms with E-state index in [-0.39, 0.29) is 6.03 Å². The Morgan fingerprint density at radius 2 is 1.69 bits per heavy atom. The van der Waals surface area contributed by atoms with Gasteiger partial charge in [0.25, 0.3) is 0 Å². The quantitative estimate of drug-likeness (QED) is 0.353. The van der Waals surface area contributed by atoms with Crippen LogP contribution in [0.3, 0.4) is 0 Å². The number of nitrogens with zero attached hydrogens (tertiary/aromatic N) is 3. The van der Waals surface area contributed by atoms with E-state index in [2.05, 4.69) is 44.1 Å². The average molecular weight is 422 g/mol. The van der Waals surface area contributed by atoms with Crippen LogP contribution in [0.1, 0.15) is 5.56 Å². The van der Waals surface area contributed by atoms with Crippen molar-refractivity contribution in [1.29, 1.82) is 0 Å². The number of hydrogen-bond acceptors (Lipinski definition) is 3. The number of urea groups is 1. The van der Waals surface area contributed by atoms with Crippen molar-refractivity contribution in [2.75, 3.05) is 10.6 Å². The molecule has 2 aromatic heterocycles. The molecule has 0 saturated carbocycles. The molecular weight excluding hydrogens is 400 g/mol. The molecule has 0 saturated heterocycles. The van der Waals surface area contributed by atoms with Crippen LogP contribution in [0.2, 0.25) is 0 Å². The first-order valence-corrected chi connectivity index (χ1v) is 10.3. The van der Waals surface area contributed by atoms with Crippen LogP contribution in [0.4, 0.5) is 16.2 Å². The van der Waals surface area contributed by atoms with Crippen molar-refractivity contribution in [3.8, 4) is 22.4 Å². The molecule has 7 nitrogen and oxygen atoms in total. The van der Waals surface area contributed by atoms with Gasteiger partial charge in [-0.3, -0.25) is 9.78 Å². The summed E-state index contributed by atoms with van der Waals surface area (Å²) in [6.45, 7) is 1.99. The summed E-state index contributed by atoms with van der Waals surface area (Å²) in [5, 5.41) is 18.6. The third-order valence-corrected chi connectivity index (χ3v) is 5.29. The van der Waals surface area contributed by atoms with E-state index in [0.717, 1.165) is 50.2 Å². The van der Waals surface area contributed by atoms with E-state index in [9.17, 15) is 4.79 Å². The summed E-state index contributed by atoms with van der Waals surface area (Å²) >= 11 is 0. The van der Waals surface area contributed by atoms with E-state index in [1.807, 2.05) is 74.9 Å². The molecule has 158 valence electrons. The topological polar surface area (TPSA) is 87.6 Å². The SMILES string of the molecule is Cc1cccc(NC(=O)Nc2ccc(-c3ccc4c(-c5cnn(C)c5)n[nH]c4c3)cc2)c1. The highest BCUT2D eigenvalue weighted by Gasteiger charge is 2.11. The van der Waals surface area contributed by atoms with Gasteiger partial charge in [-0.25, -0.2) is 4.79 Å². The van der Waals surface area contributed by atoms with Gasteiger partial charge < -0.3 is 10.6 Å². The number of carbonyl (C=O) groups is 1. The second kappa shape index (κ2) is 8.03. The Kier molecular flexibility index (Phi) is 4.91. The standard InChI is InChI=1S/C25H22N6O/c1-16-4-3-5-21(12-16)28-25(32)27-20-9-6-17(7-10-20)18-8-11-22-23(13-18)29-30-24(22)19-14-26-31(2)15-19/h3-15H,1-2H3,(H,29,30)(H2,27,28,32). The highest BCUT2D eigenvalue weighted by atomic mass is 16.2. The van der Waals surface area contributed by atoms with Crippen molar-refractivity contribution < 1.29 is 4.79 Å². The fraction of sp³-hybridized carbons (Fsp3) is 0.0800. The average Bonchev–Trinajstić information content (AvgIpc) is 3.39. The van der Waals surface area contributed by atoms with Crippen LogP contribution in [0.15, 0.2) is 79.1 Å². The van der Waals surface area contributed by atoms with E-state index in [1.165, 1.54) is 0 Å². The maximum atomic E-state index is 12.3. The highest BCUT2D eigenvalue weighted by molar-refractivity contribution is 6.00. The lowest BCUT2D eigenvalue weighted by Crippen LogP contribution is -2.19. The number of H-pyrrole nitrogens is 1. The molecule has 0 unspecified atom stereocenters. The summed E-state index contributed by atoms with van der Waals surface area (Å²) in [5.74, 6) is 0. The predicted molar refractivity (Wildman–Crippen MR) is 128 cm³/mol. The smallest absolute Gasteiger partial charge is 0.308 e. The van der Waals surface area contributed by atoms with Crippen molar-refractivity contribution in [3.63, 3.8) is 0 Å². The third kappa shape index (κ3) is 3.96. The summed E-state index contributed by atoms with van der Waals surface area (Å²) in [6, 6.07) is 21.4. The molecule has 32 heavy (non-hydrogen) atoms. The zero-order valence-electron chi connectivity index (χ0n) is 17.8. The van der Waals surface area contributed by atoms with Gasteiger partial charge >= 0.3 is 6.03 Å². The molecule has 5 aromatic rings. The van der Waals surface area contributed by atoms with Crippen LogP contribution < -0.4 is 10.6 Å². The molecule has 0 spiro atoms. The Balaban J connectivity index is 1.31. The monoisotopic (exact) mass is 422 g/mol. The van der Waals surface area contributed by atoms with Crippen molar-refractivity contribution >= 4 is 28.3 Å². The second-order valence-electron chi connectivity index (χ2n) is 7.76. The molecule has 7 heteroatoms. The molecule has 0 aliphatic rings. The van der Waals surface area contributed by atoms with Crippen LogP contribution in [-0.4, -0.2) is 26.0 Å². The number of benzene rings is 3. The van der Waals surface area contributed by atoms with Crippen molar-refractivity contribution in [2.24, 2.45) is 7.05 Å². The minimum atomic E-state index is -0.273. The fourth-order valence-corrected chi connectivity index (χ4v) is 3.72. The lowest BCUT2D eigenvalue weighted by Gasteiger charge is -2.09. The number of anilines is 2. The fourth-order valence-electron chi connectivity index (χ4n) is 3.72. The Labute approximate surface area is 185 Å². The van der Waals surface area contributed by atoms with Gasteiger partial charge in [0, 0.05) is 35.6 Å². The van der Waals surface area contributed by atoms with Gasteiger partial charge in [0.15, 0.2) is 0 Å². The first kappa shape index (κ1) is 19.6. The molecule has 2 amide bonds. The lowest BCUT2D eigenvalue weighted by atomic mass is 10.0. The number of aromatic nitrogens is 4. The minimum absolute atomic E-state index is 0.273. The molecule has 3 aromatic carbocycles. The molecule has 0 radical (unpaired) electrons. The van der Waals surface area contributed by atoms with Crippen LogP contribution in [0, 0.1) is 6.92 Å².